The van der Waals surface area contributed by atoms with Crippen LogP contribution in [-0.4, -0.2) is 27.8 Å². The summed E-state index contributed by atoms with van der Waals surface area (Å²) >= 11 is 0. The lowest BCUT2D eigenvalue weighted by Gasteiger charge is -2.04. The second kappa shape index (κ2) is 9.74. The zero-order valence-electron chi connectivity index (χ0n) is 18.3. The summed E-state index contributed by atoms with van der Waals surface area (Å²) in [5, 5.41) is 11.3. The smallest absolute Gasteiger partial charge is 0.318 e. The van der Waals surface area contributed by atoms with E-state index < -0.39 is 11.8 Å². The fraction of sp³-hybridized carbons (Fsp3) is 0.0769. The monoisotopic (exact) mass is 437 g/mol. The number of nitrogens with one attached hydrogen (secondary N) is 2. The number of hydrogen-bond donors (Lipinski definition) is 2. The number of carbonyl (C=O) groups excluding carboxylic acids is 2. The maximum absolute atomic E-state index is 12.2. The number of hydrogen-bond acceptors (Lipinski definition) is 4. The Kier molecular flexibility index (Phi) is 6.40. The van der Waals surface area contributed by atoms with Gasteiger partial charge in [0, 0.05) is 23.0 Å². The number of amides is 2. The number of para-hydroxylation sites is 1. The average molecular weight is 438 g/mol. The number of anilines is 1. The van der Waals surface area contributed by atoms with Crippen LogP contribution in [0.5, 0.6) is 0 Å². The predicted molar refractivity (Wildman–Crippen MR) is 129 cm³/mol. The molecule has 164 valence electrons. The SMILES string of the molecule is Cc1ccc(-c2nn(-c3ccccc3)cc2/C=N\NC(=O)C(=O)Nc2cccc(C)c2)cc1. The molecule has 0 aliphatic rings. The van der Waals surface area contributed by atoms with Gasteiger partial charge in [0.25, 0.3) is 0 Å². The van der Waals surface area contributed by atoms with E-state index in [0.29, 0.717) is 16.9 Å². The Morgan fingerprint density at radius 2 is 1.64 bits per heavy atom. The zero-order valence-corrected chi connectivity index (χ0v) is 18.3. The Morgan fingerprint density at radius 3 is 2.36 bits per heavy atom. The van der Waals surface area contributed by atoms with Crippen molar-refractivity contribution in [2.75, 3.05) is 5.32 Å². The number of aryl methyl sites for hydroxylation is 2. The highest BCUT2D eigenvalue weighted by molar-refractivity contribution is 6.39. The molecule has 0 atom stereocenters. The van der Waals surface area contributed by atoms with Crippen LogP contribution in [0, 0.1) is 13.8 Å². The van der Waals surface area contributed by atoms with E-state index in [1.807, 2.05) is 80.7 Å². The minimum atomic E-state index is -0.861. The van der Waals surface area contributed by atoms with Gasteiger partial charge in [-0.15, -0.1) is 0 Å². The molecule has 7 nitrogen and oxygen atoms in total. The number of nitrogens with zero attached hydrogens (tertiary/aromatic N) is 3. The Labute approximate surface area is 191 Å². The van der Waals surface area contributed by atoms with E-state index in [2.05, 4.69) is 15.8 Å². The van der Waals surface area contributed by atoms with E-state index in [-0.39, 0.29) is 0 Å². The fourth-order valence-corrected chi connectivity index (χ4v) is 3.25. The van der Waals surface area contributed by atoms with Gasteiger partial charge in [0.05, 0.1) is 11.9 Å². The van der Waals surface area contributed by atoms with E-state index in [0.717, 1.165) is 22.4 Å². The van der Waals surface area contributed by atoms with Crippen LogP contribution in [0.25, 0.3) is 16.9 Å². The van der Waals surface area contributed by atoms with E-state index in [9.17, 15) is 9.59 Å². The molecule has 2 amide bonds. The van der Waals surface area contributed by atoms with Crippen LogP contribution < -0.4 is 10.7 Å². The van der Waals surface area contributed by atoms with Crippen molar-refractivity contribution >= 4 is 23.7 Å². The van der Waals surface area contributed by atoms with Crippen molar-refractivity contribution in [3.8, 4) is 16.9 Å². The maximum Gasteiger partial charge on any atom is 0.329 e. The molecule has 0 unspecified atom stereocenters. The Hall–Kier alpha value is -4.52. The van der Waals surface area contributed by atoms with Gasteiger partial charge >= 0.3 is 11.8 Å². The van der Waals surface area contributed by atoms with Crippen molar-refractivity contribution in [3.05, 3.63) is 102 Å². The van der Waals surface area contributed by atoms with Crippen molar-refractivity contribution in [1.82, 2.24) is 15.2 Å². The second-order valence-corrected chi connectivity index (χ2v) is 7.60. The molecule has 0 fully saturated rings. The number of aromatic nitrogens is 2. The van der Waals surface area contributed by atoms with Crippen LogP contribution in [0.15, 0.2) is 90.2 Å². The summed E-state index contributed by atoms with van der Waals surface area (Å²) in [6.07, 6.45) is 3.31. The molecular formula is C26H23N5O2. The minimum Gasteiger partial charge on any atom is -0.318 e. The number of carbonyl (C=O) groups is 2. The summed E-state index contributed by atoms with van der Waals surface area (Å²) in [5.74, 6) is -1.66. The normalized spacial score (nSPS) is 10.8. The summed E-state index contributed by atoms with van der Waals surface area (Å²) in [5.41, 5.74) is 8.17. The van der Waals surface area contributed by atoms with Gasteiger partial charge < -0.3 is 5.32 Å². The largest absolute Gasteiger partial charge is 0.329 e. The highest BCUT2D eigenvalue weighted by Crippen LogP contribution is 2.23. The van der Waals surface area contributed by atoms with Gasteiger partial charge in [-0.1, -0.05) is 60.2 Å². The van der Waals surface area contributed by atoms with Crippen LogP contribution in [0.2, 0.25) is 0 Å². The first-order valence-corrected chi connectivity index (χ1v) is 10.4. The molecule has 33 heavy (non-hydrogen) atoms. The van der Waals surface area contributed by atoms with Gasteiger partial charge in [-0.2, -0.15) is 10.2 Å². The lowest BCUT2D eigenvalue weighted by molar-refractivity contribution is -0.136. The molecule has 0 aliphatic heterocycles. The van der Waals surface area contributed by atoms with Gasteiger partial charge in [-0.05, 0) is 43.7 Å². The predicted octanol–water partition coefficient (Wildman–Crippen LogP) is 4.24. The van der Waals surface area contributed by atoms with Crippen molar-refractivity contribution in [2.24, 2.45) is 5.10 Å². The molecule has 7 heteroatoms. The highest BCUT2D eigenvalue weighted by atomic mass is 16.2. The first-order chi connectivity index (χ1) is 16.0. The van der Waals surface area contributed by atoms with Crippen LogP contribution in [0.1, 0.15) is 16.7 Å². The Morgan fingerprint density at radius 1 is 0.879 bits per heavy atom. The standard InChI is InChI=1S/C26H23N5O2/c1-18-11-13-20(14-12-18)24-21(17-31(30-24)23-9-4-3-5-10-23)16-27-29-26(33)25(32)28-22-8-6-7-19(2)15-22/h3-17H,1-2H3,(H,28,32)(H,29,33)/b27-16-. The Balaban J connectivity index is 1.53. The molecule has 0 radical (unpaired) electrons. The van der Waals surface area contributed by atoms with Crippen LogP contribution in [0.3, 0.4) is 0 Å². The van der Waals surface area contributed by atoms with E-state index in [1.165, 1.54) is 6.21 Å². The summed E-state index contributed by atoms with van der Waals surface area (Å²) in [6, 6.07) is 24.9. The lowest BCUT2D eigenvalue weighted by atomic mass is 10.1. The molecule has 0 aliphatic carbocycles. The van der Waals surface area contributed by atoms with Crippen molar-refractivity contribution in [1.29, 1.82) is 0 Å². The first-order valence-electron chi connectivity index (χ1n) is 10.4. The highest BCUT2D eigenvalue weighted by Gasteiger charge is 2.14. The number of rotatable bonds is 5. The average Bonchev–Trinajstić information content (AvgIpc) is 3.24. The summed E-state index contributed by atoms with van der Waals surface area (Å²) in [6.45, 7) is 3.92. The molecule has 1 aromatic heterocycles. The van der Waals surface area contributed by atoms with E-state index >= 15 is 0 Å². The van der Waals surface area contributed by atoms with Crippen molar-refractivity contribution < 1.29 is 9.59 Å². The molecule has 4 rings (SSSR count). The van der Waals surface area contributed by atoms with Crippen LogP contribution in [-0.2, 0) is 9.59 Å². The molecule has 0 spiro atoms. The summed E-state index contributed by atoms with van der Waals surface area (Å²) < 4.78 is 1.75. The third-order valence-electron chi connectivity index (χ3n) is 4.94. The van der Waals surface area contributed by atoms with Gasteiger partial charge in [-0.25, -0.2) is 10.1 Å². The topological polar surface area (TPSA) is 88.4 Å². The molecular weight excluding hydrogens is 414 g/mol. The molecule has 4 aromatic rings. The Bertz CT molecular complexity index is 1310. The summed E-state index contributed by atoms with van der Waals surface area (Å²) in [4.78, 5) is 24.3. The van der Waals surface area contributed by atoms with Crippen LogP contribution in [0.4, 0.5) is 5.69 Å². The molecule has 0 saturated carbocycles. The van der Waals surface area contributed by atoms with Gasteiger partial charge in [0.15, 0.2) is 0 Å². The molecule has 2 N–H and O–H groups in total. The van der Waals surface area contributed by atoms with Gasteiger partial charge in [0.1, 0.15) is 5.69 Å². The maximum atomic E-state index is 12.2. The molecule has 0 saturated heterocycles. The van der Waals surface area contributed by atoms with Gasteiger partial charge in [0.2, 0.25) is 0 Å². The molecule has 1 heterocycles. The van der Waals surface area contributed by atoms with E-state index in [4.69, 9.17) is 5.10 Å². The minimum absolute atomic E-state index is 0.546. The molecule has 0 bridgehead atoms. The third-order valence-corrected chi connectivity index (χ3v) is 4.94. The second-order valence-electron chi connectivity index (χ2n) is 7.60. The van der Waals surface area contributed by atoms with Crippen molar-refractivity contribution in [3.63, 3.8) is 0 Å². The first kappa shape index (κ1) is 21.7. The lowest BCUT2D eigenvalue weighted by Crippen LogP contribution is -2.32. The quantitative estimate of drug-likeness (QED) is 0.278. The number of hydrazone groups is 1. The molecule has 3 aromatic carbocycles. The van der Waals surface area contributed by atoms with Crippen molar-refractivity contribution in [2.45, 2.75) is 13.8 Å². The third kappa shape index (κ3) is 5.40. The van der Waals surface area contributed by atoms with Gasteiger partial charge in [-0.3, -0.25) is 9.59 Å². The zero-order chi connectivity index (χ0) is 23.2. The van der Waals surface area contributed by atoms with Crippen LogP contribution >= 0.6 is 0 Å². The fourth-order valence-electron chi connectivity index (χ4n) is 3.25. The summed E-state index contributed by atoms with van der Waals surface area (Å²) in [7, 11) is 0. The van der Waals surface area contributed by atoms with E-state index in [1.54, 1.807) is 22.9 Å². The number of benzene rings is 3.